The SMILES string of the molecule is Cc1[nH]nc(N)c1C(=O)NCCC1CC1. The molecule has 1 heterocycles. The van der Waals surface area contributed by atoms with Crippen molar-refractivity contribution in [1.29, 1.82) is 0 Å². The fourth-order valence-electron chi connectivity index (χ4n) is 1.62. The van der Waals surface area contributed by atoms with Crippen molar-refractivity contribution < 1.29 is 4.79 Å². The normalized spacial score (nSPS) is 15.3. The number of carbonyl (C=O) groups excluding carboxylic acids is 1. The summed E-state index contributed by atoms with van der Waals surface area (Å²) < 4.78 is 0. The summed E-state index contributed by atoms with van der Waals surface area (Å²) in [6.45, 7) is 2.52. The molecule has 1 aliphatic carbocycles. The number of hydrogen-bond donors (Lipinski definition) is 3. The minimum atomic E-state index is -0.126. The van der Waals surface area contributed by atoms with Crippen molar-refractivity contribution in [1.82, 2.24) is 15.5 Å². The lowest BCUT2D eigenvalue weighted by atomic mass is 10.2. The van der Waals surface area contributed by atoms with E-state index in [9.17, 15) is 4.79 Å². The summed E-state index contributed by atoms with van der Waals surface area (Å²) in [5.74, 6) is 0.976. The van der Waals surface area contributed by atoms with Crippen LogP contribution < -0.4 is 11.1 Å². The summed E-state index contributed by atoms with van der Waals surface area (Å²) in [6.07, 6.45) is 3.69. The van der Waals surface area contributed by atoms with Crippen molar-refractivity contribution in [2.45, 2.75) is 26.2 Å². The highest BCUT2D eigenvalue weighted by atomic mass is 16.1. The molecule has 1 aliphatic rings. The van der Waals surface area contributed by atoms with Gasteiger partial charge in [-0.2, -0.15) is 5.10 Å². The second-order valence-corrected chi connectivity index (χ2v) is 4.10. The topological polar surface area (TPSA) is 83.8 Å². The molecule has 4 N–H and O–H groups in total. The van der Waals surface area contributed by atoms with Crippen LogP contribution in [0.4, 0.5) is 5.82 Å². The highest BCUT2D eigenvalue weighted by Crippen LogP contribution is 2.31. The van der Waals surface area contributed by atoms with Gasteiger partial charge in [0.05, 0.1) is 0 Å². The van der Waals surface area contributed by atoms with Gasteiger partial charge in [0.1, 0.15) is 5.56 Å². The average Bonchev–Trinajstić information content (AvgIpc) is 2.93. The molecule has 15 heavy (non-hydrogen) atoms. The van der Waals surface area contributed by atoms with Crippen molar-refractivity contribution in [3.8, 4) is 0 Å². The van der Waals surface area contributed by atoms with Gasteiger partial charge in [-0.15, -0.1) is 0 Å². The first-order valence-corrected chi connectivity index (χ1v) is 5.27. The molecule has 0 aliphatic heterocycles. The van der Waals surface area contributed by atoms with Gasteiger partial charge in [-0.25, -0.2) is 0 Å². The molecule has 0 radical (unpaired) electrons. The minimum absolute atomic E-state index is 0.126. The van der Waals surface area contributed by atoms with Crippen LogP contribution in [0, 0.1) is 12.8 Å². The number of nitrogen functional groups attached to an aromatic ring is 1. The average molecular weight is 208 g/mol. The zero-order valence-corrected chi connectivity index (χ0v) is 8.84. The predicted molar refractivity (Wildman–Crippen MR) is 57.4 cm³/mol. The molecule has 1 saturated carbocycles. The van der Waals surface area contributed by atoms with E-state index in [2.05, 4.69) is 15.5 Å². The molecular weight excluding hydrogens is 192 g/mol. The third-order valence-electron chi connectivity index (χ3n) is 2.74. The molecule has 0 bridgehead atoms. The first-order chi connectivity index (χ1) is 7.18. The molecule has 0 unspecified atom stereocenters. The van der Waals surface area contributed by atoms with Crippen molar-refractivity contribution in [2.24, 2.45) is 5.92 Å². The number of aromatic nitrogens is 2. The van der Waals surface area contributed by atoms with Crippen molar-refractivity contribution >= 4 is 11.7 Å². The smallest absolute Gasteiger partial charge is 0.256 e. The van der Waals surface area contributed by atoms with Gasteiger partial charge in [0.25, 0.3) is 5.91 Å². The van der Waals surface area contributed by atoms with Crippen molar-refractivity contribution in [3.63, 3.8) is 0 Å². The number of hydrogen-bond acceptors (Lipinski definition) is 3. The van der Waals surface area contributed by atoms with E-state index in [4.69, 9.17) is 5.73 Å². The quantitative estimate of drug-likeness (QED) is 0.685. The largest absolute Gasteiger partial charge is 0.382 e. The molecule has 1 aromatic heterocycles. The number of anilines is 1. The van der Waals surface area contributed by atoms with E-state index in [0.717, 1.165) is 24.6 Å². The Morgan fingerprint density at radius 1 is 1.67 bits per heavy atom. The van der Waals surface area contributed by atoms with Gasteiger partial charge in [-0.05, 0) is 19.3 Å². The number of aromatic amines is 1. The maximum atomic E-state index is 11.7. The van der Waals surface area contributed by atoms with Crippen LogP contribution in [0.5, 0.6) is 0 Å². The van der Waals surface area contributed by atoms with E-state index in [1.807, 2.05) is 0 Å². The number of nitrogens with two attached hydrogens (primary N) is 1. The molecule has 2 rings (SSSR count). The molecule has 0 aromatic carbocycles. The molecule has 5 heteroatoms. The maximum Gasteiger partial charge on any atom is 0.256 e. The number of nitrogens with one attached hydrogen (secondary N) is 2. The van der Waals surface area contributed by atoms with Crippen LogP contribution in [0.1, 0.15) is 35.3 Å². The van der Waals surface area contributed by atoms with Gasteiger partial charge in [0, 0.05) is 12.2 Å². The van der Waals surface area contributed by atoms with E-state index in [1.165, 1.54) is 12.8 Å². The Bertz CT molecular complexity index is 348. The summed E-state index contributed by atoms with van der Waals surface area (Å²) in [5, 5.41) is 9.34. The minimum Gasteiger partial charge on any atom is -0.382 e. The lowest BCUT2D eigenvalue weighted by Crippen LogP contribution is -2.25. The zero-order chi connectivity index (χ0) is 10.8. The molecule has 0 saturated heterocycles. The van der Waals surface area contributed by atoms with Crippen LogP contribution in [0.3, 0.4) is 0 Å². The Hall–Kier alpha value is -1.52. The Morgan fingerprint density at radius 3 is 2.93 bits per heavy atom. The number of rotatable bonds is 4. The first-order valence-electron chi connectivity index (χ1n) is 5.27. The fourth-order valence-corrected chi connectivity index (χ4v) is 1.62. The summed E-state index contributed by atoms with van der Waals surface area (Å²) in [6, 6.07) is 0. The number of carbonyl (C=O) groups is 1. The highest BCUT2D eigenvalue weighted by Gasteiger charge is 2.21. The van der Waals surface area contributed by atoms with E-state index in [0.29, 0.717) is 5.56 Å². The molecule has 1 aromatic rings. The summed E-state index contributed by atoms with van der Waals surface area (Å²) in [7, 11) is 0. The number of aryl methyl sites for hydroxylation is 1. The van der Waals surface area contributed by atoms with Crippen molar-refractivity contribution in [3.05, 3.63) is 11.3 Å². The zero-order valence-electron chi connectivity index (χ0n) is 8.84. The standard InChI is InChI=1S/C10H16N4O/c1-6-8(9(11)14-13-6)10(15)12-5-4-7-2-3-7/h7H,2-5H2,1H3,(H,12,15)(H3,11,13,14). The Labute approximate surface area is 88.4 Å². The van der Waals surface area contributed by atoms with E-state index >= 15 is 0 Å². The summed E-state index contributed by atoms with van der Waals surface area (Å²) in [5.41, 5.74) is 6.78. The summed E-state index contributed by atoms with van der Waals surface area (Å²) in [4.78, 5) is 11.7. The fraction of sp³-hybridized carbons (Fsp3) is 0.600. The Balaban J connectivity index is 1.88. The Morgan fingerprint density at radius 2 is 2.40 bits per heavy atom. The van der Waals surface area contributed by atoms with Crippen LogP contribution in [0.15, 0.2) is 0 Å². The second kappa shape index (κ2) is 3.92. The van der Waals surface area contributed by atoms with Gasteiger partial charge < -0.3 is 11.1 Å². The van der Waals surface area contributed by atoms with Gasteiger partial charge in [-0.1, -0.05) is 12.8 Å². The Kier molecular flexibility index (Phi) is 2.62. The van der Waals surface area contributed by atoms with E-state index in [-0.39, 0.29) is 11.7 Å². The van der Waals surface area contributed by atoms with Gasteiger partial charge in [-0.3, -0.25) is 9.89 Å². The molecule has 5 nitrogen and oxygen atoms in total. The van der Waals surface area contributed by atoms with Crippen molar-refractivity contribution in [2.75, 3.05) is 12.3 Å². The third kappa shape index (κ3) is 2.29. The highest BCUT2D eigenvalue weighted by molar-refractivity contribution is 5.99. The summed E-state index contributed by atoms with van der Waals surface area (Å²) >= 11 is 0. The third-order valence-corrected chi connectivity index (χ3v) is 2.74. The predicted octanol–water partition coefficient (Wildman–Crippen LogP) is 0.830. The van der Waals surface area contributed by atoms with Gasteiger partial charge >= 0.3 is 0 Å². The lowest BCUT2D eigenvalue weighted by molar-refractivity contribution is 0.0953. The van der Waals surface area contributed by atoms with Crippen LogP contribution in [-0.2, 0) is 0 Å². The van der Waals surface area contributed by atoms with Gasteiger partial charge in [0.2, 0.25) is 0 Å². The van der Waals surface area contributed by atoms with Gasteiger partial charge in [0.15, 0.2) is 5.82 Å². The van der Waals surface area contributed by atoms with Crippen LogP contribution >= 0.6 is 0 Å². The van der Waals surface area contributed by atoms with Crippen LogP contribution in [-0.4, -0.2) is 22.6 Å². The number of H-pyrrole nitrogens is 1. The number of nitrogens with zero attached hydrogens (tertiary/aromatic N) is 1. The molecular formula is C10H16N4O. The van der Waals surface area contributed by atoms with E-state index < -0.39 is 0 Å². The number of amides is 1. The monoisotopic (exact) mass is 208 g/mol. The molecule has 1 amide bonds. The van der Waals surface area contributed by atoms with Crippen LogP contribution in [0.2, 0.25) is 0 Å². The molecule has 82 valence electrons. The van der Waals surface area contributed by atoms with E-state index in [1.54, 1.807) is 6.92 Å². The molecule has 0 spiro atoms. The van der Waals surface area contributed by atoms with Crippen LogP contribution in [0.25, 0.3) is 0 Å². The molecule has 1 fully saturated rings. The maximum absolute atomic E-state index is 11.7. The molecule has 0 atom stereocenters. The second-order valence-electron chi connectivity index (χ2n) is 4.10. The first kappa shape index (κ1) is 10.0. The lowest BCUT2D eigenvalue weighted by Gasteiger charge is -2.03.